The second kappa shape index (κ2) is 6.99. The number of hydrogen-bond donors (Lipinski definition) is 3. The van der Waals surface area contributed by atoms with Gasteiger partial charge in [-0.15, -0.1) is 0 Å². The lowest BCUT2D eigenvalue weighted by molar-refractivity contribution is 0.489. The van der Waals surface area contributed by atoms with Crippen LogP contribution in [-0.4, -0.2) is 25.7 Å². The van der Waals surface area contributed by atoms with Gasteiger partial charge in [-0.25, -0.2) is 0 Å². The Balaban J connectivity index is 3.21. The van der Waals surface area contributed by atoms with Crippen molar-refractivity contribution in [3.63, 3.8) is 0 Å². The molecule has 0 aromatic rings. The van der Waals surface area contributed by atoms with E-state index >= 15 is 0 Å². The zero-order valence-corrected chi connectivity index (χ0v) is 6.77. The second-order valence-corrected chi connectivity index (χ2v) is 2.42. The van der Waals surface area contributed by atoms with Gasteiger partial charge in [0.05, 0.1) is 0 Å². The van der Waals surface area contributed by atoms with Crippen molar-refractivity contribution in [1.82, 2.24) is 5.32 Å². The first-order chi connectivity index (χ1) is 4.85. The van der Waals surface area contributed by atoms with Crippen molar-refractivity contribution in [3.05, 3.63) is 0 Å². The molecule has 1 atom stereocenters. The van der Waals surface area contributed by atoms with Gasteiger partial charge >= 0.3 is 0 Å². The summed E-state index contributed by atoms with van der Waals surface area (Å²) in [6.45, 7) is 4.56. The van der Waals surface area contributed by atoms with Gasteiger partial charge in [0.1, 0.15) is 0 Å². The molecule has 0 amide bonds. The van der Waals surface area contributed by atoms with Crippen molar-refractivity contribution in [3.8, 4) is 0 Å². The third kappa shape index (κ3) is 4.73. The van der Waals surface area contributed by atoms with Gasteiger partial charge in [0.15, 0.2) is 0 Å². The summed E-state index contributed by atoms with van der Waals surface area (Å²) in [5, 5.41) is 3.29. The van der Waals surface area contributed by atoms with E-state index in [-0.39, 0.29) is 0 Å². The summed E-state index contributed by atoms with van der Waals surface area (Å²) in [5.74, 6) is 0. The fraction of sp³-hybridized carbons (Fsp3) is 1.00. The van der Waals surface area contributed by atoms with Gasteiger partial charge in [-0.1, -0.05) is 6.92 Å². The van der Waals surface area contributed by atoms with Crippen molar-refractivity contribution >= 4 is 0 Å². The molecule has 0 saturated carbocycles. The smallest absolute Gasteiger partial charge is 0.0190 e. The fourth-order valence-electron chi connectivity index (χ4n) is 0.956. The highest BCUT2D eigenvalue weighted by Gasteiger charge is 2.01. The van der Waals surface area contributed by atoms with Crippen LogP contribution >= 0.6 is 0 Å². The maximum absolute atomic E-state index is 5.50. The van der Waals surface area contributed by atoms with Gasteiger partial charge in [0.25, 0.3) is 0 Å². The van der Waals surface area contributed by atoms with Crippen LogP contribution < -0.4 is 16.8 Å². The molecule has 1 unspecified atom stereocenters. The molecule has 0 spiro atoms. The lowest BCUT2D eigenvalue weighted by Gasteiger charge is -2.14. The Labute approximate surface area is 63.2 Å². The van der Waals surface area contributed by atoms with Crippen LogP contribution in [0.1, 0.15) is 19.8 Å². The van der Waals surface area contributed by atoms with Gasteiger partial charge < -0.3 is 16.8 Å². The highest BCUT2D eigenvalue weighted by molar-refractivity contribution is 4.66. The Morgan fingerprint density at radius 1 is 1.40 bits per heavy atom. The second-order valence-electron chi connectivity index (χ2n) is 2.42. The SMILES string of the molecule is CCNC(CN)CCCN. The molecule has 0 saturated heterocycles. The third-order valence-corrected chi connectivity index (χ3v) is 1.53. The van der Waals surface area contributed by atoms with E-state index in [1.54, 1.807) is 0 Å². The zero-order valence-electron chi connectivity index (χ0n) is 6.77. The van der Waals surface area contributed by atoms with Gasteiger partial charge in [-0.3, -0.25) is 0 Å². The molecule has 0 aliphatic rings. The maximum atomic E-state index is 5.50. The summed E-state index contributed by atoms with van der Waals surface area (Å²) in [5.41, 5.74) is 10.9. The zero-order chi connectivity index (χ0) is 7.82. The van der Waals surface area contributed by atoms with Crippen LogP contribution in [0.2, 0.25) is 0 Å². The molecule has 0 aromatic carbocycles. The van der Waals surface area contributed by atoms with Gasteiger partial charge in [0, 0.05) is 12.6 Å². The topological polar surface area (TPSA) is 64.1 Å². The quantitative estimate of drug-likeness (QED) is 0.479. The Morgan fingerprint density at radius 3 is 2.50 bits per heavy atom. The summed E-state index contributed by atoms with van der Waals surface area (Å²) in [6, 6.07) is 0.466. The van der Waals surface area contributed by atoms with E-state index in [0.717, 1.165) is 25.9 Å². The normalized spacial score (nSPS) is 13.5. The van der Waals surface area contributed by atoms with Crippen LogP contribution in [0, 0.1) is 0 Å². The van der Waals surface area contributed by atoms with E-state index in [2.05, 4.69) is 12.2 Å². The van der Waals surface area contributed by atoms with Crippen LogP contribution in [-0.2, 0) is 0 Å². The first-order valence-electron chi connectivity index (χ1n) is 3.98. The molecule has 0 radical (unpaired) electrons. The molecule has 10 heavy (non-hydrogen) atoms. The van der Waals surface area contributed by atoms with Crippen molar-refractivity contribution < 1.29 is 0 Å². The monoisotopic (exact) mass is 145 g/mol. The first-order valence-corrected chi connectivity index (χ1v) is 3.98. The Hall–Kier alpha value is -0.120. The number of rotatable bonds is 6. The number of likely N-dealkylation sites (N-methyl/N-ethyl adjacent to an activating group) is 1. The van der Waals surface area contributed by atoms with E-state index in [1.165, 1.54) is 0 Å². The van der Waals surface area contributed by atoms with Gasteiger partial charge in [-0.2, -0.15) is 0 Å². The van der Waals surface area contributed by atoms with Crippen LogP contribution in [0.5, 0.6) is 0 Å². The van der Waals surface area contributed by atoms with Crippen LogP contribution in [0.25, 0.3) is 0 Å². The molecular weight excluding hydrogens is 126 g/mol. The molecule has 0 aliphatic carbocycles. The molecule has 5 N–H and O–H groups in total. The summed E-state index contributed by atoms with van der Waals surface area (Å²) in [7, 11) is 0. The van der Waals surface area contributed by atoms with Crippen molar-refractivity contribution in [2.75, 3.05) is 19.6 Å². The molecule has 3 nitrogen and oxygen atoms in total. The summed E-state index contributed by atoms with van der Waals surface area (Å²) < 4.78 is 0. The Morgan fingerprint density at radius 2 is 2.10 bits per heavy atom. The van der Waals surface area contributed by atoms with Gasteiger partial charge in [-0.05, 0) is 25.9 Å². The van der Waals surface area contributed by atoms with Crippen molar-refractivity contribution in [2.45, 2.75) is 25.8 Å². The molecule has 0 bridgehead atoms. The molecule has 0 fully saturated rings. The van der Waals surface area contributed by atoms with Crippen LogP contribution in [0.3, 0.4) is 0 Å². The molecule has 3 heteroatoms. The van der Waals surface area contributed by atoms with Crippen molar-refractivity contribution in [1.29, 1.82) is 0 Å². The Kier molecular flexibility index (Phi) is 6.91. The maximum Gasteiger partial charge on any atom is 0.0190 e. The minimum atomic E-state index is 0.466. The molecular formula is C7H19N3. The number of nitrogens with one attached hydrogen (secondary N) is 1. The lowest BCUT2D eigenvalue weighted by atomic mass is 10.1. The summed E-state index contributed by atoms with van der Waals surface area (Å²) >= 11 is 0. The molecule has 0 aliphatic heterocycles. The van der Waals surface area contributed by atoms with Crippen LogP contribution in [0.4, 0.5) is 0 Å². The van der Waals surface area contributed by atoms with Crippen molar-refractivity contribution in [2.24, 2.45) is 11.5 Å². The lowest BCUT2D eigenvalue weighted by Crippen LogP contribution is -2.36. The number of hydrogen-bond acceptors (Lipinski definition) is 3. The predicted molar refractivity (Wildman–Crippen MR) is 44.8 cm³/mol. The molecule has 0 heterocycles. The minimum Gasteiger partial charge on any atom is -0.330 e. The fourth-order valence-corrected chi connectivity index (χ4v) is 0.956. The third-order valence-electron chi connectivity index (χ3n) is 1.53. The van der Waals surface area contributed by atoms with E-state index in [4.69, 9.17) is 11.5 Å². The first kappa shape index (κ1) is 9.88. The summed E-state index contributed by atoms with van der Waals surface area (Å²) in [4.78, 5) is 0. The predicted octanol–water partition coefficient (Wildman–Crippen LogP) is -0.338. The Bertz CT molecular complexity index is 65.9. The van der Waals surface area contributed by atoms with E-state index in [0.29, 0.717) is 12.6 Å². The van der Waals surface area contributed by atoms with E-state index < -0.39 is 0 Å². The molecule has 0 rings (SSSR count). The average Bonchev–Trinajstić information content (AvgIpc) is 1.98. The van der Waals surface area contributed by atoms with E-state index in [1.807, 2.05) is 0 Å². The molecule has 62 valence electrons. The molecule has 0 aromatic heterocycles. The standard InChI is InChI=1S/C7H19N3/c1-2-10-7(6-9)4-3-5-8/h7,10H,2-6,8-9H2,1H3. The highest BCUT2D eigenvalue weighted by Crippen LogP contribution is 1.92. The minimum absolute atomic E-state index is 0.466. The highest BCUT2D eigenvalue weighted by atomic mass is 14.9. The number of nitrogens with two attached hydrogens (primary N) is 2. The van der Waals surface area contributed by atoms with Gasteiger partial charge in [0.2, 0.25) is 0 Å². The van der Waals surface area contributed by atoms with E-state index in [9.17, 15) is 0 Å². The largest absolute Gasteiger partial charge is 0.330 e. The summed E-state index contributed by atoms with van der Waals surface area (Å²) in [6.07, 6.45) is 2.16. The average molecular weight is 145 g/mol. The van der Waals surface area contributed by atoms with Crippen LogP contribution in [0.15, 0.2) is 0 Å².